The van der Waals surface area contributed by atoms with Crippen LogP contribution in [-0.4, -0.2) is 45.3 Å². The third-order valence-electron chi connectivity index (χ3n) is 5.20. The minimum absolute atomic E-state index is 0.656. The van der Waals surface area contributed by atoms with Crippen molar-refractivity contribution in [1.82, 2.24) is 4.90 Å². The lowest BCUT2D eigenvalue weighted by Gasteiger charge is -2.35. The van der Waals surface area contributed by atoms with Crippen LogP contribution in [0.2, 0.25) is 0 Å². The van der Waals surface area contributed by atoms with Gasteiger partial charge in [0.25, 0.3) is 0 Å². The van der Waals surface area contributed by atoms with Gasteiger partial charge in [-0.3, -0.25) is 4.90 Å². The zero-order valence-corrected chi connectivity index (χ0v) is 17.0. The van der Waals surface area contributed by atoms with Gasteiger partial charge in [-0.25, -0.2) is 0 Å². The highest BCUT2D eigenvalue weighted by Gasteiger charge is 2.23. The van der Waals surface area contributed by atoms with Gasteiger partial charge in [0.2, 0.25) is 0 Å². The molecule has 1 saturated heterocycles. The highest BCUT2D eigenvalue weighted by Crippen LogP contribution is 2.43. The van der Waals surface area contributed by atoms with Crippen molar-refractivity contribution < 1.29 is 9.47 Å². The van der Waals surface area contributed by atoms with E-state index < -0.39 is 0 Å². The minimum atomic E-state index is 0.656. The molecule has 0 radical (unpaired) electrons. The summed E-state index contributed by atoms with van der Waals surface area (Å²) in [5.41, 5.74) is 2.08. The molecule has 1 fully saturated rings. The van der Waals surface area contributed by atoms with Gasteiger partial charge in [-0.2, -0.15) is 5.26 Å². The van der Waals surface area contributed by atoms with E-state index in [4.69, 9.17) is 9.47 Å². The maximum absolute atomic E-state index is 9.82. The number of benzene rings is 2. The molecule has 0 spiro atoms. The second-order valence-corrected chi connectivity index (χ2v) is 7.88. The molecule has 1 aromatic heterocycles. The van der Waals surface area contributed by atoms with Gasteiger partial charge in [-0.05, 0) is 11.6 Å². The lowest BCUT2D eigenvalue weighted by atomic mass is 10.1. The molecule has 2 aromatic carbocycles. The van der Waals surface area contributed by atoms with E-state index >= 15 is 0 Å². The van der Waals surface area contributed by atoms with Crippen LogP contribution in [0.1, 0.15) is 11.1 Å². The molecule has 144 valence electrons. The van der Waals surface area contributed by atoms with Crippen molar-refractivity contribution >= 4 is 26.4 Å². The van der Waals surface area contributed by atoms with Crippen LogP contribution in [0.4, 0.5) is 5.00 Å². The number of anilines is 1. The number of hydrogen-bond acceptors (Lipinski definition) is 6. The number of fused-ring (bicyclic) bond motifs is 1. The van der Waals surface area contributed by atoms with Gasteiger partial charge in [-0.15, -0.1) is 11.3 Å². The second-order valence-electron chi connectivity index (χ2n) is 6.85. The van der Waals surface area contributed by atoms with Crippen LogP contribution in [0.5, 0.6) is 11.5 Å². The van der Waals surface area contributed by atoms with E-state index in [0.29, 0.717) is 11.5 Å². The highest BCUT2D eigenvalue weighted by molar-refractivity contribution is 7.23. The van der Waals surface area contributed by atoms with E-state index in [1.165, 1.54) is 5.56 Å². The Morgan fingerprint density at radius 2 is 1.68 bits per heavy atom. The Bertz CT molecular complexity index is 1000. The monoisotopic (exact) mass is 393 g/mol. The van der Waals surface area contributed by atoms with Crippen LogP contribution in [-0.2, 0) is 6.54 Å². The molecule has 0 saturated carbocycles. The number of piperazine rings is 1. The number of nitriles is 1. The van der Waals surface area contributed by atoms with E-state index in [1.807, 2.05) is 12.1 Å². The van der Waals surface area contributed by atoms with Gasteiger partial charge in [0.15, 0.2) is 11.5 Å². The summed E-state index contributed by atoms with van der Waals surface area (Å²) in [6, 6.07) is 16.9. The highest BCUT2D eigenvalue weighted by atomic mass is 32.1. The fraction of sp³-hybridized carbons (Fsp3) is 0.318. The Balaban J connectivity index is 1.55. The molecule has 0 N–H and O–H groups in total. The molecule has 0 bridgehead atoms. The van der Waals surface area contributed by atoms with Crippen molar-refractivity contribution in [2.75, 3.05) is 45.3 Å². The molecule has 3 aromatic rings. The van der Waals surface area contributed by atoms with Gasteiger partial charge < -0.3 is 14.4 Å². The number of methoxy groups -OCH3 is 2. The summed E-state index contributed by atoms with van der Waals surface area (Å²) in [5, 5.41) is 11.8. The van der Waals surface area contributed by atoms with Crippen LogP contribution in [0.15, 0.2) is 42.5 Å². The fourth-order valence-electron chi connectivity index (χ4n) is 3.69. The Kier molecular flexibility index (Phi) is 5.38. The Morgan fingerprint density at radius 3 is 2.32 bits per heavy atom. The van der Waals surface area contributed by atoms with E-state index in [9.17, 15) is 5.26 Å². The molecule has 0 aliphatic carbocycles. The predicted octanol–water partition coefficient (Wildman–Crippen LogP) is 4.11. The SMILES string of the molecule is COc1cc2sc(N3CCN(Cc4ccccc4)CC3)c(C#N)c2cc1OC. The van der Waals surface area contributed by atoms with Gasteiger partial charge >= 0.3 is 0 Å². The Morgan fingerprint density at radius 1 is 1.00 bits per heavy atom. The number of nitrogens with zero attached hydrogens (tertiary/aromatic N) is 3. The summed E-state index contributed by atoms with van der Waals surface area (Å²) in [7, 11) is 3.25. The van der Waals surface area contributed by atoms with E-state index in [2.05, 4.69) is 46.2 Å². The molecule has 5 nitrogen and oxygen atoms in total. The van der Waals surface area contributed by atoms with E-state index in [1.54, 1.807) is 25.6 Å². The fourth-order valence-corrected chi connectivity index (χ4v) is 4.91. The average molecular weight is 394 g/mol. The van der Waals surface area contributed by atoms with Crippen molar-refractivity contribution in [2.45, 2.75) is 6.54 Å². The first-order valence-electron chi connectivity index (χ1n) is 9.33. The van der Waals surface area contributed by atoms with Gasteiger partial charge in [0.1, 0.15) is 11.1 Å². The summed E-state index contributed by atoms with van der Waals surface area (Å²) in [6.07, 6.45) is 0. The largest absolute Gasteiger partial charge is 0.493 e. The third kappa shape index (κ3) is 3.51. The standard InChI is InChI=1S/C22H23N3O2S/c1-26-19-12-17-18(14-23)22(28-21(17)13-20(19)27-2)25-10-8-24(9-11-25)15-16-6-4-3-5-7-16/h3-7,12-13H,8-11,15H2,1-2H3. The van der Waals surface area contributed by atoms with Crippen molar-refractivity contribution in [3.8, 4) is 17.6 Å². The lowest BCUT2D eigenvalue weighted by Crippen LogP contribution is -2.45. The number of ether oxygens (including phenoxy) is 2. The van der Waals surface area contributed by atoms with Crippen LogP contribution < -0.4 is 14.4 Å². The Labute approximate surface area is 169 Å². The predicted molar refractivity (Wildman–Crippen MR) is 114 cm³/mol. The zero-order chi connectivity index (χ0) is 19.5. The average Bonchev–Trinajstić information content (AvgIpc) is 3.11. The molecule has 4 rings (SSSR count). The molecule has 2 heterocycles. The molecule has 0 atom stereocenters. The summed E-state index contributed by atoms with van der Waals surface area (Å²) in [6.45, 7) is 4.78. The van der Waals surface area contributed by atoms with Crippen molar-refractivity contribution in [3.63, 3.8) is 0 Å². The minimum Gasteiger partial charge on any atom is -0.493 e. The van der Waals surface area contributed by atoms with Gasteiger partial charge in [0, 0.05) is 48.9 Å². The van der Waals surface area contributed by atoms with Crippen LogP contribution in [0.25, 0.3) is 10.1 Å². The van der Waals surface area contributed by atoms with E-state index in [0.717, 1.165) is 53.4 Å². The summed E-state index contributed by atoms with van der Waals surface area (Å²) in [5.74, 6) is 1.35. The summed E-state index contributed by atoms with van der Waals surface area (Å²) in [4.78, 5) is 4.81. The quantitative estimate of drug-likeness (QED) is 0.653. The Hall–Kier alpha value is -2.75. The maximum Gasteiger partial charge on any atom is 0.162 e. The molecular formula is C22H23N3O2S. The summed E-state index contributed by atoms with van der Waals surface area (Å²) < 4.78 is 11.9. The molecule has 0 amide bonds. The molecule has 0 unspecified atom stereocenters. The number of hydrogen-bond donors (Lipinski definition) is 0. The molecular weight excluding hydrogens is 370 g/mol. The number of rotatable bonds is 5. The van der Waals surface area contributed by atoms with Crippen molar-refractivity contribution in [1.29, 1.82) is 5.26 Å². The van der Waals surface area contributed by atoms with Crippen LogP contribution in [0.3, 0.4) is 0 Å². The van der Waals surface area contributed by atoms with Crippen molar-refractivity contribution in [3.05, 3.63) is 53.6 Å². The first kappa shape index (κ1) is 18.6. The summed E-state index contributed by atoms with van der Waals surface area (Å²) >= 11 is 1.66. The van der Waals surface area contributed by atoms with Gasteiger partial charge in [0.05, 0.1) is 19.8 Å². The van der Waals surface area contributed by atoms with Crippen molar-refractivity contribution in [2.24, 2.45) is 0 Å². The number of thiophene rings is 1. The third-order valence-corrected chi connectivity index (χ3v) is 6.41. The first-order chi connectivity index (χ1) is 13.7. The first-order valence-corrected chi connectivity index (χ1v) is 10.1. The molecule has 1 aliphatic rings. The second kappa shape index (κ2) is 8.09. The topological polar surface area (TPSA) is 48.7 Å². The lowest BCUT2D eigenvalue weighted by molar-refractivity contribution is 0.250. The zero-order valence-electron chi connectivity index (χ0n) is 16.1. The normalized spacial score (nSPS) is 14.8. The van der Waals surface area contributed by atoms with Crippen LogP contribution >= 0.6 is 11.3 Å². The van der Waals surface area contributed by atoms with Gasteiger partial charge in [-0.1, -0.05) is 30.3 Å². The van der Waals surface area contributed by atoms with E-state index in [-0.39, 0.29) is 0 Å². The van der Waals surface area contributed by atoms with Crippen LogP contribution in [0, 0.1) is 11.3 Å². The molecule has 28 heavy (non-hydrogen) atoms. The maximum atomic E-state index is 9.82. The molecule has 6 heteroatoms. The smallest absolute Gasteiger partial charge is 0.162 e. The molecule has 1 aliphatic heterocycles.